The Morgan fingerprint density at radius 2 is 1.27 bits per heavy atom. The number of nitrogens with one attached hydrogen (secondary N) is 1. The lowest BCUT2D eigenvalue weighted by atomic mass is 9.43. The first-order valence-corrected chi connectivity index (χ1v) is 22.6. The van der Waals surface area contributed by atoms with E-state index in [2.05, 4.69) is 26.1 Å². The van der Waals surface area contributed by atoms with Crippen LogP contribution in [-0.2, 0) is 24.0 Å². The Balaban J connectivity index is 1.12. The number of aliphatic carboxylic acids is 3. The number of nitrogens with zero attached hydrogens (tertiary/aromatic N) is 4. The van der Waals surface area contributed by atoms with E-state index in [0.29, 0.717) is 81.1 Å². The van der Waals surface area contributed by atoms with Gasteiger partial charge in [0.05, 0.1) is 31.8 Å². The second-order valence-electron chi connectivity index (χ2n) is 19.7. The first-order valence-electron chi connectivity index (χ1n) is 22.6. The maximum atomic E-state index is 13.2. The Morgan fingerprint density at radius 3 is 1.85 bits per heavy atom. The Morgan fingerprint density at radius 1 is 0.712 bits per heavy atom. The predicted octanol–water partition coefficient (Wildman–Crippen LogP) is 2.72. The normalized spacial score (nSPS) is 35.2. The molecular weight excluding hydrogens is 759 g/mol. The van der Waals surface area contributed by atoms with E-state index in [4.69, 9.17) is 0 Å². The van der Waals surface area contributed by atoms with Crippen molar-refractivity contribution in [3.05, 3.63) is 0 Å². The zero-order chi connectivity index (χ0) is 43.1. The number of carboxylic acid groups (broad SMARTS) is 3. The maximum absolute atomic E-state index is 13.2. The van der Waals surface area contributed by atoms with Gasteiger partial charge in [-0.25, -0.2) is 0 Å². The molecule has 5 fully saturated rings. The molecule has 1 amide bonds. The van der Waals surface area contributed by atoms with E-state index in [1.807, 2.05) is 4.90 Å². The predicted molar refractivity (Wildman–Crippen MR) is 222 cm³/mol. The number of hydrogen-bond acceptors (Lipinski definition) is 11. The fourth-order valence-electron chi connectivity index (χ4n) is 12.8. The molecule has 0 spiro atoms. The van der Waals surface area contributed by atoms with Crippen molar-refractivity contribution in [3.63, 3.8) is 0 Å². The monoisotopic (exact) mass is 834 g/mol. The number of aliphatic hydroxyl groups is 2. The van der Waals surface area contributed by atoms with E-state index in [-0.39, 0.29) is 87.0 Å². The fraction of sp³-hybridized carbons (Fsp3) is 0.886. The molecule has 5 aliphatic rings. The molecule has 59 heavy (non-hydrogen) atoms. The number of ketones is 1. The van der Waals surface area contributed by atoms with Gasteiger partial charge in [-0.2, -0.15) is 0 Å². The highest BCUT2D eigenvalue weighted by atomic mass is 16.4. The summed E-state index contributed by atoms with van der Waals surface area (Å²) in [5.41, 5.74) is 0.323. The van der Waals surface area contributed by atoms with Crippen molar-refractivity contribution >= 4 is 29.6 Å². The molecule has 1 saturated heterocycles. The van der Waals surface area contributed by atoms with Gasteiger partial charge in [0.1, 0.15) is 11.8 Å². The van der Waals surface area contributed by atoms with Gasteiger partial charge < -0.3 is 30.8 Å². The van der Waals surface area contributed by atoms with Crippen LogP contribution in [0.3, 0.4) is 0 Å². The molecule has 15 heteroatoms. The van der Waals surface area contributed by atoms with Gasteiger partial charge >= 0.3 is 17.9 Å². The van der Waals surface area contributed by atoms with Crippen molar-refractivity contribution in [1.82, 2.24) is 24.9 Å². The zero-order valence-corrected chi connectivity index (χ0v) is 36.2. The summed E-state index contributed by atoms with van der Waals surface area (Å²) < 4.78 is 0. The molecule has 4 aliphatic carbocycles. The van der Waals surface area contributed by atoms with Crippen LogP contribution in [0.2, 0.25) is 0 Å². The van der Waals surface area contributed by atoms with Crippen LogP contribution in [-0.4, -0.2) is 172 Å². The molecule has 0 aromatic carbocycles. The first kappa shape index (κ1) is 47.4. The van der Waals surface area contributed by atoms with Crippen LogP contribution in [0.1, 0.15) is 105 Å². The summed E-state index contributed by atoms with van der Waals surface area (Å²) in [6, 6.07) is -0.908. The van der Waals surface area contributed by atoms with Crippen LogP contribution < -0.4 is 5.32 Å². The topological polar surface area (TPSA) is 211 Å². The second-order valence-corrected chi connectivity index (χ2v) is 19.7. The van der Waals surface area contributed by atoms with E-state index >= 15 is 0 Å². The van der Waals surface area contributed by atoms with Crippen LogP contribution in [0.5, 0.6) is 0 Å². The van der Waals surface area contributed by atoms with Crippen molar-refractivity contribution in [3.8, 4) is 0 Å². The molecule has 6 N–H and O–H groups in total. The number of fused-ring (bicyclic) bond motifs is 5. The summed E-state index contributed by atoms with van der Waals surface area (Å²) >= 11 is 0. The van der Waals surface area contributed by atoms with Crippen molar-refractivity contribution in [2.75, 3.05) is 78.5 Å². The highest BCUT2D eigenvalue weighted by Gasteiger charge is 2.62. The molecule has 0 radical (unpaired) electrons. The Hall–Kier alpha value is -2.69. The lowest BCUT2D eigenvalue weighted by molar-refractivity contribution is -0.174. The standard InChI is InChI=1S/C44H75N5O10/c1-29(33-8-9-34-41-35(12-14-44(33,34)4)43(3)13-11-32(51)24-31(43)25-37(41)52)7-10-38(53)45-15-5-6-36(42(58)59)49-22-20-47(27-39(54)55)18-16-46(26-30(2)50)17-19-48(21-23-49)28-40(56)57/h29,31-37,41,51-52H,5-28H2,1-4H3,(H,45,53)(H,54,55)(H,56,57)(H,58,59)/t29-,31-,32?,33-,34+,35?,36?,37?,41-,43-,44+/m1/s1. The second kappa shape index (κ2) is 20.9. The number of Topliss-reactive ketones (excluding diaryl/α,β-unsaturated/α-hetero) is 1. The van der Waals surface area contributed by atoms with Crippen molar-refractivity contribution in [1.29, 1.82) is 0 Å². The SMILES string of the molecule is CC(=O)CN1CCN(CC(=O)O)CCN(C(CCCNC(=O)CC[C@@H](C)[C@H]2CC[C@H]3[C@H]4C(O)C[C@H]5CC(O)CC[C@@]5(C)C4CC[C@@]23C)C(=O)O)CCN(CC(=O)O)CC1. The minimum atomic E-state index is -1.02. The smallest absolute Gasteiger partial charge is 0.320 e. The summed E-state index contributed by atoms with van der Waals surface area (Å²) in [5, 5.41) is 54.6. The molecule has 15 nitrogen and oxygen atoms in total. The molecule has 336 valence electrons. The van der Waals surface area contributed by atoms with Gasteiger partial charge in [-0.1, -0.05) is 20.8 Å². The van der Waals surface area contributed by atoms with Gasteiger partial charge in [0.25, 0.3) is 0 Å². The Bertz CT molecular complexity index is 1440. The van der Waals surface area contributed by atoms with E-state index < -0.39 is 23.9 Å². The molecule has 0 bridgehead atoms. The van der Waals surface area contributed by atoms with Gasteiger partial charge in [-0.05, 0) is 124 Å². The van der Waals surface area contributed by atoms with E-state index in [9.17, 15) is 49.5 Å². The van der Waals surface area contributed by atoms with Crippen LogP contribution in [0, 0.1) is 46.3 Å². The Labute approximate surface area is 351 Å². The van der Waals surface area contributed by atoms with Crippen LogP contribution in [0.15, 0.2) is 0 Å². The van der Waals surface area contributed by atoms with E-state index in [0.717, 1.165) is 57.8 Å². The minimum absolute atomic E-state index is 0.0431. The number of carbonyl (C=O) groups excluding carboxylic acids is 2. The van der Waals surface area contributed by atoms with Gasteiger partial charge in [0.2, 0.25) is 5.91 Å². The maximum Gasteiger partial charge on any atom is 0.320 e. The molecule has 5 rings (SSSR count). The molecule has 4 unspecified atom stereocenters. The third-order valence-corrected chi connectivity index (χ3v) is 16.0. The molecular formula is C44H75N5O10. The number of carbonyl (C=O) groups is 5. The van der Waals surface area contributed by atoms with Crippen molar-refractivity contribution in [2.24, 2.45) is 46.3 Å². The molecule has 0 aromatic heterocycles. The molecule has 4 saturated carbocycles. The van der Waals surface area contributed by atoms with Crippen molar-refractivity contribution < 1.29 is 49.5 Å². The largest absolute Gasteiger partial charge is 0.480 e. The minimum Gasteiger partial charge on any atom is -0.480 e. The van der Waals surface area contributed by atoms with Gasteiger partial charge in [0.15, 0.2) is 0 Å². The van der Waals surface area contributed by atoms with Crippen LogP contribution in [0.25, 0.3) is 0 Å². The molecule has 0 aromatic rings. The summed E-state index contributed by atoms with van der Waals surface area (Å²) in [7, 11) is 0. The number of aliphatic hydroxyl groups excluding tert-OH is 2. The summed E-state index contributed by atoms with van der Waals surface area (Å²) in [5.74, 6) is -0.615. The summed E-state index contributed by atoms with van der Waals surface area (Å²) in [6.07, 6.45) is 9.32. The van der Waals surface area contributed by atoms with E-state index in [1.54, 1.807) is 14.7 Å². The van der Waals surface area contributed by atoms with Crippen LogP contribution >= 0.6 is 0 Å². The highest BCUT2D eigenvalue weighted by molar-refractivity contribution is 5.77. The first-order chi connectivity index (χ1) is 27.9. The molecule has 1 aliphatic heterocycles. The number of amides is 1. The quantitative estimate of drug-likeness (QED) is 0.124. The number of hydrogen-bond donors (Lipinski definition) is 6. The lowest BCUT2D eigenvalue weighted by Crippen LogP contribution is -2.58. The van der Waals surface area contributed by atoms with Gasteiger partial charge in [-0.15, -0.1) is 0 Å². The highest BCUT2D eigenvalue weighted by Crippen LogP contribution is 2.68. The Kier molecular flexibility index (Phi) is 16.8. The number of carboxylic acids is 3. The molecule has 1 heterocycles. The lowest BCUT2D eigenvalue weighted by Gasteiger charge is -2.62. The zero-order valence-electron chi connectivity index (χ0n) is 36.2. The van der Waals surface area contributed by atoms with Gasteiger partial charge in [0, 0.05) is 65.3 Å². The van der Waals surface area contributed by atoms with Gasteiger partial charge in [-0.3, -0.25) is 43.6 Å². The average Bonchev–Trinajstić information content (AvgIpc) is 3.51. The third-order valence-electron chi connectivity index (χ3n) is 16.0. The average molecular weight is 834 g/mol. The van der Waals surface area contributed by atoms with Crippen LogP contribution in [0.4, 0.5) is 0 Å². The van der Waals surface area contributed by atoms with Crippen molar-refractivity contribution in [2.45, 2.75) is 123 Å². The summed E-state index contributed by atoms with van der Waals surface area (Å²) in [4.78, 5) is 68.4. The number of rotatable bonds is 16. The fourth-order valence-corrected chi connectivity index (χ4v) is 12.8. The summed E-state index contributed by atoms with van der Waals surface area (Å²) in [6.45, 7) is 11.3. The third kappa shape index (κ3) is 12.0. The van der Waals surface area contributed by atoms with E-state index in [1.165, 1.54) is 6.92 Å². The molecule has 11 atom stereocenters.